The van der Waals surface area contributed by atoms with Crippen molar-refractivity contribution >= 4 is 11.6 Å². The van der Waals surface area contributed by atoms with Crippen molar-refractivity contribution in [2.75, 3.05) is 0 Å². The number of hydrogen-bond donors (Lipinski definition) is 1. The van der Waals surface area contributed by atoms with E-state index in [9.17, 15) is 4.39 Å². The highest BCUT2D eigenvalue weighted by Gasteiger charge is 2.31. The van der Waals surface area contributed by atoms with Gasteiger partial charge < -0.3 is 5.32 Å². The Hall–Kier alpha value is -1.38. The summed E-state index contributed by atoms with van der Waals surface area (Å²) in [4.78, 5) is 0. The normalized spacial score (nSPS) is 22.6. The molecule has 3 rings (SSSR count). The summed E-state index contributed by atoms with van der Waals surface area (Å²) in [6.07, 6.45) is 2.20. The van der Waals surface area contributed by atoms with Crippen LogP contribution in [0.2, 0.25) is 5.02 Å². The molecule has 1 N–H and O–H groups in total. The van der Waals surface area contributed by atoms with E-state index < -0.39 is 0 Å². The van der Waals surface area contributed by atoms with Gasteiger partial charge in [-0.15, -0.1) is 0 Å². The molecule has 0 saturated heterocycles. The molecule has 0 heterocycles. The average molecular weight is 304 g/mol. The Bertz CT molecular complexity index is 605. The van der Waals surface area contributed by atoms with Gasteiger partial charge in [-0.05, 0) is 49.4 Å². The van der Waals surface area contributed by atoms with Gasteiger partial charge in [0.1, 0.15) is 5.82 Å². The van der Waals surface area contributed by atoms with E-state index in [-0.39, 0.29) is 11.9 Å². The highest BCUT2D eigenvalue weighted by Crippen LogP contribution is 2.38. The maximum Gasteiger partial charge on any atom is 0.127 e. The Morgan fingerprint density at radius 2 is 1.76 bits per heavy atom. The first kappa shape index (κ1) is 14.6. The van der Waals surface area contributed by atoms with Crippen LogP contribution in [-0.2, 0) is 0 Å². The SMILES string of the molecule is CC(NC1CC(c2ccc(Cl)cc2)C1)c1ccccc1F. The highest BCUT2D eigenvalue weighted by atomic mass is 35.5. The molecule has 3 heteroatoms. The standard InChI is InChI=1S/C18H19ClFN/c1-12(17-4-2-3-5-18(17)20)21-16-10-14(11-16)13-6-8-15(19)9-7-13/h2-9,12,14,16,21H,10-11H2,1H3. The minimum absolute atomic E-state index is 0.0439. The smallest absolute Gasteiger partial charge is 0.127 e. The number of hydrogen-bond acceptors (Lipinski definition) is 1. The first-order valence-corrected chi connectivity index (χ1v) is 7.77. The van der Waals surface area contributed by atoms with E-state index >= 15 is 0 Å². The molecule has 0 amide bonds. The van der Waals surface area contributed by atoms with Gasteiger partial charge in [-0.1, -0.05) is 41.9 Å². The third-order valence-electron chi connectivity index (χ3n) is 4.34. The highest BCUT2D eigenvalue weighted by molar-refractivity contribution is 6.30. The van der Waals surface area contributed by atoms with Gasteiger partial charge in [0.05, 0.1) is 0 Å². The van der Waals surface area contributed by atoms with Crippen molar-refractivity contribution in [1.82, 2.24) is 5.32 Å². The van der Waals surface area contributed by atoms with E-state index in [1.165, 1.54) is 11.6 Å². The molecular weight excluding hydrogens is 285 g/mol. The summed E-state index contributed by atoms with van der Waals surface area (Å²) in [6, 6.07) is 15.6. The van der Waals surface area contributed by atoms with Crippen LogP contribution in [0.15, 0.2) is 48.5 Å². The molecule has 110 valence electrons. The van der Waals surface area contributed by atoms with Gasteiger partial charge in [-0.25, -0.2) is 4.39 Å². The molecule has 0 radical (unpaired) electrons. The molecular formula is C18H19ClFN. The van der Waals surface area contributed by atoms with Crippen LogP contribution in [-0.4, -0.2) is 6.04 Å². The predicted octanol–water partition coefficient (Wildman–Crippen LogP) is 5.08. The van der Waals surface area contributed by atoms with E-state index in [4.69, 9.17) is 11.6 Å². The minimum atomic E-state index is -0.133. The lowest BCUT2D eigenvalue weighted by Gasteiger charge is -2.38. The molecule has 0 bridgehead atoms. The van der Waals surface area contributed by atoms with Crippen molar-refractivity contribution in [1.29, 1.82) is 0 Å². The third-order valence-corrected chi connectivity index (χ3v) is 4.59. The number of benzene rings is 2. The zero-order valence-corrected chi connectivity index (χ0v) is 12.8. The quantitative estimate of drug-likeness (QED) is 0.831. The van der Waals surface area contributed by atoms with E-state index in [0.29, 0.717) is 12.0 Å². The molecule has 1 aliphatic rings. The number of nitrogens with one attached hydrogen (secondary N) is 1. The Kier molecular flexibility index (Phi) is 4.27. The third kappa shape index (κ3) is 3.28. The van der Waals surface area contributed by atoms with Gasteiger partial charge in [-0.3, -0.25) is 0 Å². The van der Waals surface area contributed by atoms with Crippen LogP contribution in [0.4, 0.5) is 4.39 Å². The van der Waals surface area contributed by atoms with Crippen molar-refractivity contribution in [3.05, 3.63) is 70.5 Å². The Morgan fingerprint density at radius 3 is 2.43 bits per heavy atom. The summed E-state index contributed by atoms with van der Waals surface area (Å²) in [6.45, 7) is 2.02. The zero-order valence-electron chi connectivity index (χ0n) is 12.0. The van der Waals surface area contributed by atoms with Crippen LogP contribution in [0.3, 0.4) is 0 Å². The Morgan fingerprint density at radius 1 is 1.10 bits per heavy atom. The molecule has 1 aliphatic carbocycles. The van der Waals surface area contributed by atoms with Gasteiger partial charge in [0.15, 0.2) is 0 Å². The molecule has 1 unspecified atom stereocenters. The van der Waals surface area contributed by atoms with Gasteiger partial charge in [-0.2, -0.15) is 0 Å². The largest absolute Gasteiger partial charge is 0.307 e. The monoisotopic (exact) mass is 303 g/mol. The fourth-order valence-electron chi connectivity index (χ4n) is 3.03. The van der Waals surface area contributed by atoms with Crippen LogP contribution in [0, 0.1) is 5.82 Å². The Balaban J connectivity index is 1.55. The van der Waals surface area contributed by atoms with Crippen LogP contribution in [0.5, 0.6) is 0 Å². The predicted molar refractivity (Wildman–Crippen MR) is 85.2 cm³/mol. The molecule has 0 aromatic heterocycles. The maximum atomic E-state index is 13.7. The fourth-order valence-corrected chi connectivity index (χ4v) is 3.16. The van der Waals surface area contributed by atoms with Crippen molar-refractivity contribution in [2.24, 2.45) is 0 Å². The summed E-state index contributed by atoms with van der Waals surface area (Å²) in [5.74, 6) is 0.457. The second kappa shape index (κ2) is 6.17. The van der Waals surface area contributed by atoms with Crippen molar-refractivity contribution in [3.8, 4) is 0 Å². The molecule has 1 nitrogen and oxygen atoms in total. The topological polar surface area (TPSA) is 12.0 Å². The van der Waals surface area contributed by atoms with E-state index in [1.807, 2.05) is 31.2 Å². The molecule has 0 spiro atoms. The van der Waals surface area contributed by atoms with E-state index in [0.717, 1.165) is 23.4 Å². The summed E-state index contributed by atoms with van der Waals surface area (Å²) < 4.78 is 13.7. The summed E-state index contributed by atoms with van der Waals surface area (Å²) in [5.41, 5.74) is 2.09. The second-order valence-corrected chi connectivity index (χ2v) is 6.26. The summed E-state index contributed by atoms with van der Waals surface area (Å²) in [5, 5.41) is 4.30. The van der Waals surface area contributed by atoms with Gasteiger partial charge in [0, 0.05) is 22.7 Å². The lowest BCUT2D eigenvalue weighted by atomic mass is 9.75. The Labute approximate surface area is 130 Å². The summed E-state index contributed by atoms with van der Waals surface area (Å²) >= 11 is 5.91. The number of halogens is 2. The van der Waals surface area contributed by atoms with Gasteiger partial charge in [0.2, 0.25) is 0 Å². The molecule has 21 heavy (non-hydrogen) atoms. The second-order valence-electron chi connectivity index (χ2n) is 5.83. The van der Waals surface area contributed by atoms with Crippen LogP contribution >= 0.6 is 11.6 Å². The molecule has 1 saturated carbocycles. The molecule has 2 aromatic carbocycles. The van der Waals surface area contributed by atoms with E-state index in [2.05, 4.69) is 17.4 Å². The van der Waals surface area contributed by atoms with Gasteiger partial charge in [0.25, 0.3) is 0 Å². The van der Waals surface area contributed by atoms with Crippen molar-refractivity contribution in [3.63, 3.8) is 0 Å². The van der Waals surface area contributed by atoms with Crippen LogP contribution < -0.4 is 5.32 Å². The van der Waals surface area contributed by atoms with E-state index in [1.54, 1.807) is 6.07 Å². The van der Waals surface area contributed by atoms with Crippen LogP contribution in [0.25, 0.3) is 0 Å². The minimum Gasteiger partial charge on any atom is -0.307 e. The number of rotatable bonds is 4. The lowest BCUT2D eigenvalue weighted by Crippen LogP contribution is -2.41. The first-order chi connectivity index (χ1) is 10.1. The molecule has 1 fully saturated rings. The lowest BCUT2D eigenvalue weighted by molar-refractivity contribution is 0.269. The van der Waals surface area contributed by atoms with Gasteiger partial charge >= 0.3 is 0 Å². The first-order valence-electron chi connectivity index (χ1n) is 7.39. The fraction of sp³-hybridized carbons (Fsp3) is 0.333. The zero-order chi connectivity index (χ0) is 14.8. The average Bonchev–Trinajstić information content (AvgIpc) is 2.44. The molecule has 0 aliphatic heterocycles. The summed E-state index contributed by atoms with van der Waals surface area (Å²) in [7, 11) is 0. The molecule has 1 atom stereocenters. The van der Waals surface area contributed by atoms with Crippen molar-refractivity contribution < 1.29 is 4.39 Å². The molecule has 2 aromatic rings. The van der Waals surface area contributed by atoms with Crippen LogP contribution in [0.1, 0.15) is 42.9 Å². The van der Waals surface area contributed by atoms with Crippen molar-refractivity contribution in [2.45, 2.75) is 37.8 Å². The maximum absolute atomic E-state index is 13.7.